The van der Waals surface area contributed by atoms with Gasteiger partial charge in [-0.05, 0) is 35.9 Å². The van der Waals surface area contributed by atoms with Crippen molar-refractivity contribution in [3.05, 3.63) is 58.5 Å². The summed E-state index contributed by atoms with van der Waals surface area (Å²) in [7, 11) is 1.89. The van der Waals surface area contributed by atoms with E-state index in [1.807, 2.05) is 52.2 Å². The Kier molecular flexibility index (Phi) is 8.46. The molecule has 186 valence electrons. The predicted octanol–water partition coefficient (Wildman–Crippen LogP) is 3.83. The van der Waals surface area contributed by atoms with Crippen LogP contribution in [0, 0.1) is 5.92 Å². The maximum absolute atomic E-state index is 12.9. The van der Waals surface area contributed by atoms with E-state index in [-0.39, 0.29) is 17.9 Å². The van der Waals surface area contributed by atoms with Gasteiger partial charge in [-0.1, -0.05) is 49.9 Å². The first-order chi connectivity index (χ1) is 16.9. The highest BCUT2D eigenvalue weighted by molar-refractivity contribution is 7.99. The summed E-state index contributed by atoms with van der Waals surface area (Å²) in [4.78, 5) is 30.4. The lowest BCUT2D eigenvalue weighted by atomic mass is 10.0. The van der Waals surface area contributed by atoms with E-state index in [4.69, 9.17) is 0 Å². The van der Waals surface area contributed by atoms with Crippen LogP contribution in [0.3, 0.4) is 0 Å². The average molecular weight is 513 g/mol. The summed E-state index contributed by atoms with van der Waals surface area (Å²) in [5.74, 6) is 1.39. The topological polar surface area (TPSA) is 83.4 Å². The average Bonchev–Trinajstić information content (AvgIpc) is 3.53. The lowest BCUT2D eigenvalue weighted by Crippen LogP contribution is -2.49. The minimum Gasteiger partial charge on any atom is -0.368 e. The number of piperazine rings is 1. The summed E-state index contributed by atoms with van der Waals surface area (Å²) in [6.07, 6.45) is 0.748. The molecule has 1 aliphatic heterocycles. The van der Waals surface area contributed by atoms with Gasteiger partial charge in [-0.25, -0.2) is 0 Å². The SMILES string of the molecule is CC(C)CC(NC(=O)c1cccs1)c1nnc(SCC(=O)N2CCN(c3ccccc3)CC2)n1C. The molecule has 2 amide bonds. The van der Waals surface area contributed by atoms with E-state index in [0.717, 1.165) is 19.5 Å². The third-order valence-corrected chi connectivity index (χ3v) is 7.89. The fourth-order valence-electron chi connectivity index (χ4n) is 4.16. The molecule has 1 unspecified atom stereocenters. The second-order valence-corrected chi connectivity index (χ2v) is 10.9. The van der Waals surface area contributed by atoms with Gasteiger partial charge in [-0.2, -0.15) is 0 Å². The van der Waals surface area contributed by atoms with Gasteiger partial charge in [-0.3, -0.25) is 9.59 Å². The van der Waals surface area contributed by atoms with Crippen molar-refractivity contribution in [2.45, 2.75) is 31.5 Å². The minimum atomic E-state index is -0.252. The molecule has 3 aromatic rings. The van der Waals surface area contributed by atoms with Crippen molar-refractivity contribution >= 4 is 40.6 Å². The van der Waals surface area contributed by atoms with Crippen molar-refractivity contribution < 1.29 is 9.59 Å². The normalized spacial score (nSPS) is 14.9. The number of thioether (sulfide) groups is 1. The Balaban J connectivity index is 1.34. The second kappa shape index (κ2) is 11.7. The molecule has 0 aliphatic carbocycles. The monoisotopic (exact) mass is 512 g/mol. The summed E-state index contributed by atoms with van der Waals surface area (Å²) < 4.78 is 1.90. The molecule has 10 heteroatoms. The molecule has 35 heavy (non-hydrogen) atoms. The van der Waals surface area contributed by atoms with Gasteiger partial charge in [0.25, 0.3) is 5.91 Å². The van der Waals surface area contributed by atoms with Crippen molar-refractivity contribution in [1.82, 2.24) is 25.0 Å². The first-order valence-electron chi connectivity index (χ1n) is 11.9. The number of hydrogen-bond acceptors (Lipinski definition) is 7. The number of benzene rings is 1. The van der Waals surface area contributed by atoms with Crippen LogP contribution >= 0.6 is 23.1 Å². The quantitative estimate of drug-likeness (QED) is 0.439. The van der Waals surface area contributed by atoms with Crippen molar-refractivity contribution in [2.24, 2.45) is 13.0 Å². The van der Waals surface area contributed by atoms with Crippen LogP contribution in [0.2, 0.25) is 0 Å². The highest BCUT2D eigenvalue weighted by atomic mass is 32.2. The van der Waals surface area contributed by atoms with Crippen molar-refractivity contribution in [2.75, 3.05) is 36.8 Å². The second-order valence-electron chi connectivity index (χ2n) is 9.02. The molecular weight excluding hydrogens is 480 g/mol. The maximum Gasteiger partial charge on any atom is 0.261 e. The van der Waals surface area contributed by atoms with E-state index >= 15 is 0 Å². The van der Waals surface area contributed by atoms with Gasteiger partial charge in [0.15, 0.2) is 11.0 Å². The van der Waals surface area contributed by atoms with Crippen molar-refractivity contribution in [3.63, 3.8) is 0 Å². The number of thiophene rings is 1. The van der Waals surface area contributed by atoms with Gasteiger partial charge in [0.05, 0.1) is 16.7 Å². The molecule has 1 N–H and O–H groups in total. The molecule has 2 aromatic heterocycles. The molecule has 1 aromatic carbocycles. The van der Waals surface area contributed by atoms with Gasteiger partial charge in [0, 0.05) is 38.9 Å². The molecule has 0 spiro atoms. The van der Waals surface area contributed by atoms with E-state index in [2.05, 4.69) is 46.4 Å². The molecule has 4 rings (SSSR count). The minimum absolute atomic E-state index is 0.104. The summed E-state index contributed by atoms with van der Waals surface area (Å²) in [6.45, 7) is 7.32. The number of aromatic nitrogens is 3. The van der Waals surface area contributed by atoms with Crippen LogP contribution in [0.5, 0.6) is 0 Å². The van der Waals surface area contributed by atoms with Gasteiger partial charge < -0.3 is 19.7 Å². The number of rotatable bonds is 9. The largest absolute Gasteiger partial charge is 0.368 e. The summed E-state index contributed by atoms with van der Waals surface area (Å²) in [5, 5.41) is 14.4. The Morgan fingerprint density at radius 1 is 1.06 bits per heavy atom. The Morgan fingerprint density at radius 3 is 2.46 bits per heavy atom. The summed E-state index contributed by atoms with van der Waals surface area (Å²) in [5.41, 5.74) is 1.20. The zero-order chi connectivity index (χ0) is 24.8. The third-order valence-electron chi connectivity index (χ3n) is 6.02. The number of carbonyl (C=O) groups excluding carboxylic acids is 2. The third kappa shape index (κ3) is 6.43. The molecule has 0 radical (unpaired) electrons. The predicted molar refractivity (Wildman–Crippen MR) is 141 cm³/mol. The first-order valence-corrected chi connectivity index (χ1v) is 13.7. The van der Waals surface area contributed by atoms with Gasteiger partial charge in [0.1, 0.15) is 0 Å². The molecular formula is C25H32N6O2S2. The summed E-state index contributed by atoms with van der Waals surface area (Å²) >= 11 is 2.81. The first kappa shape index (κ1) is 25.2. The van der Waals surface area contributed by atoms with E-state index < -0.39 is 0 Å². The van der Waals surface area contributed by atoms with Crippen LogP contribution in [0.1, 0.15) is 41.8 Å². The Hall–Kier alpha value is -2.85. The molecule has 3 heterocycles. The van der Waals surface area contributed by atoms with Gasteiger partial charge in [-0.15, -0.1) is 21.5 Å². The molecule has 1 fully saturated rings. The molecule has 1 saturated heterocycles. The molecule has 0 saturated carbocycles. The lowest BCUT2D eigenvalue weighted by Gasteiger charge is -2.36. The standard InChI is InChI=1S/C25H32N6O2S2/c1-18(2)16-20(26-24(33)21-10-7-15-34-21)23-27-28-25(29(23)3)35-17-22(32)31-13-11-30(12-14-31)19-8-5-4-6-9-19/h4-10,15,18,20H,11-14,16-17H2,1-3H3,(H,26,33). The Bertz CT molecular complexity index is 1110. The smallest absolute Gasteiger partial charge is 0.261 e. The molecule has 0 bridgehead atoms. The van der Waals surface area contributed by atoms with E-state index in [9.17, 15) is 9.59 Å². The number of carbonyl (C=O) groups is 2. The van der Waals surface area contributed by atoms with E-state index in [1.54, 1.807) is 0 Å². The number of nitrogens with zero attached hydrogens (tertiary/aromatic N) is 5. The Morgan fingerprint density at radius 2 is 1.80 bits per heavy atom. The molecule has 1 atom stereocenters. The number of nitrogens with one attached hydrogen (secondary N) is 1. The van der Waals surface area contributed by atoms with Crippen LogP contribution in [-0.4, -0.2) is 63.4 Å². The van der Waals surface area contributed by atoms with Crippen LogP contribution < -0.4 is 10.2 Å². The fraction of sp³-hybridized carbons (Fsp3) is 0.440. The van der Waals surface area contributed by atoms with Crippen LogP contribution in [0.4, 0.5) is 5.69 Å². The zero-order valence-corrected chi connectivity index (χ0v) is 22.0. The number of anilines is 1. The van der Waals surface area contributed by atoms with Gasteiger partial charge in [0.2, 0.25) is 5.91 Å². The summed E-state index contributed by atoms with van der Waals surface area (Å²) in [6, 6.07) is 13.7. The number of hydrogen-bond donors (Lipinski definition) is 1. The van der Waals surface area contributed by atoms with Crippen LogP contribution in [0.25, 0.3) is 0 Å². The van der Waals surface area contributed by atoms with E-state index in [1.165, 1.54) is 28.8 Å². The Labute approximate surface area is 214 Å². The van der Waals surface area contributed by atoms with E-state index in [0.29, 0.717) is 40.6 Å². The van der Waals surface area contributed by atoms with Crippen molar-refractivity contribution in [3.8, 4) is 0 Å². The van der Waals surface area contributed by atoms with Gasteiger partial charge >= 0.3 is 0 Å². The highest BCUT2D eigenvalue weighted by Gasteiger charge is 2.25. The maximum atomic E-state index is 12.9. The van der Waals surface area contributed by atoms with Crippen molar-refractivity contribution in [1.29, 1.82) is 0 Å². The lowest BCUT2D eigenvalue weighted by molar-refractivity contribution is -0.128. The highest BCUT2D eigenvalue weighted by Crippen LogP contribution is 2.25. The fourth-order valence-corrected chi connectivity index (χ4v) is 5.61. The van der Waals surface area contributed by atoms with Crippen LogP contribution in [-0.2, 0) is 11.8 Å². The number of amides is 2. The molecule has 1 aliphatic rings. The van der Waals surface area contributed by atoms with Crippen LogP contribution in [0.15, 0.2) is 53.0 Å². The zero-order valence-electron chi connectivity index (χ0n) is 20.4. The molecule has 8 nitrogen and oxygen atoms in total. The number of para-hydroxylation sites is 1.